The van der Waals surface area contributed by atoms with E-state index >= 15 is 0 Å². The van der Waals surface area contributed by atoms with Crippen LogP contribution in [0.4, 0.5) is 0 Å². The van der Waals surface area contributed by atoms with E-state index in [1.807, 2.05) is 0 Å². The number of fused-ring (bicyclic) bond motifs is 1. The molecule has 4 rings (SSSR count). The van der Waals surface area contributed by atoms with Gasteiger partial charge in [0.15, 0.2) is 4.34 Å². The zero-order chi connectivity index (χ0) is 19.7. The quantitative estimate of drug-likeness (QED) is 0.205. The molecule has 0 radical (unpaired) electrons. The number of carboxylic acids is 1. The Morgan fingerprint density at radius 1 is 1.37 bits per heavy atom. The van der Waals surface area contributed by atoms with E-state index in [2.05, 4.69) is 31.0 Å². The van der Waals surface area contributed by atoms with Crippen LogP contribution in [0.2, 0.25) is 0 Å². The van der Waals surface area contributed by atoms with Gasteiger partial charge in [0.25, 0.3) is 5.91 Å². The summed E-state index contributed by atoms with van der Waals surface area (Å²) in [6.45, 7) is -0.125. The van der Waals surface area contributed by atoms with Crippen LogP contribution in [-0.4, -0.2) is 81.1 Å². The van der Waals surface area contributed by atoms with Gasteiger partial charge in [-0.2, -0.15) is 0 Å². The van der Waals surface area contributed by atoms with Gasteiger partial charge in [-0.05, 0) is 16.0 Å². The third kappa shape index (κ3) is 5.42. The Labute approximate surface area is 230 Å². The van der Waals surface area contributed by atoms with Crippen molar-refractivity contribution in [1.29, 1.82) is 0 Å². The van der Waals surface area contributed by atoms with Crippen molar-refractivity contribution >= 4 is 52.6 Å². The van der Waals surface area contributed by atoms with E-state index < -0.39 is 29.2 Å². The number of aromatic nitrogens is 6. The zero-order valence-electron chi connectivity index (χ0n) is 15.3. The standard InChI is InChI=1S/C13H12N8O4S3.ClH.K/c22-7(1-20-4-14-18-19-20)16-8-10(23)21-9(12(24)25)6(2-26-11(8)21)3-27-13-17-15-5-28-13;;/h4-5,8,11H,1-3H2,(H,16,22)(H,24,25);1H;/q;;+1/p-1/t8-,11-;;/m1../s1. The monoisotopic (exact) mass is 514 g/mol. The molecule has 0 spiro atoms. The van der Waals surface area contributed by atoms with E-state index in [1.54, 1.807) is 5.51 Å². The van der Waals surface area contributed by atoms with Crippen molar-refractivity contribution in [3.8, 4) is 0 Å². The average Bonchev–Trinajstić information content (AvgIpc) is 3.37. The van der Waals surface area contributed by atoms with Gasteiger partial charge < -0.3 is 22.8 Å². The van der Waals surface area contributed by atoms with Crippen molar-refractivity contribution in [1.82, 2.24) is 40.6 Å². The minimum Gasteiger partial charge on any atom is -1.00 e. The molecule has 2 aliphatic rings. The van der Waals surface area contributed by atoms with Crippen molar-refractivity contribution in [3.63, 3.8) is 0 Å². The maximum Gasteiger partial charge on any atom is 1.00 e. The van der Waals surface area contributed by atoms with Crippen molar-refractivity contribution in [2.24, 2.45) is 0 Å². The number of amides is 2. The number of hydrogen-bond acceptors (Lipinski definition) is 11. The maximum atomic E-state index is 12.6. The summed E-state index contributed by atoms with van der Waals surface area (Å²) in [5, 5.41) is 29.9. The number of carbonyl (C=O) groups is 3. The molecule has 2 aromatic rings. The Bertz CT molecular complexity index is 944. The average molecular weight is 515 g/mol. The minimum absolute atomic E-state index is 0. The van der Waals surface area contributed by atoms with Crippen LogP contribution < -0.4 is 69.1 Å². The number of β-lactam (4-membered cyclic amide) rings is 1. The minimum atomic E-state index is -1.16. The van der Waals surface area contributed by atoms with Gasteiger partial charge in [-0.1, -0.05) is 23.1 Å². The topological polar surface area (TPSA) is 156 Å². The Morgan fingerprint density at radius 3 is 2.80 bits per heavy atom. The summed E-state index contributed by atoms with van der Waals surface area (Å²) in [7, 11) is 0. The number of aliphatic carboxylic acids is 1. The molecule has 0 aliphatic carbocycles. The van der Waals surface area contributed by atoms with Crippen LogP contribution in [0.25, 0.3) is 0 Å². The third-order valence-electron chi connectivity index (χ3n) is 3.97. The van der Waals surface area contributed by atoms with Gasteiger partial charge >= 0.3 is 57.4 Å². The molecule has 30 heavy (non-hydrogen) atoms. The molecule has 12 nitrogen and oxygen atoms in total. The van der Waals surface area contributed by atoms with E-state index in [4.69, 9.17) is 0 Å². The predicted octanol–water partition coefficient (Wildman–Crippen LogP) is -6.94. The number of thioether (sulfide) groups is 2. The molecule has 1 saturated heterocycles. The van der Waals surface area contributed by atoms with Crippen molar-refractivity contribution in [2.45, 2.75) is 22.3 Å². The normalized spacial score (nSPS) is 19.9. The SMILES string of the molecule is O=C(Cn1cnnn1)N[C@@H]1C(=O)N2C(C(=O)O)=C(CSc3nncs3)CS[C@H]12.[Cl-].[K+]. The van der Waals surface area contributed by atoms with Crippen LogP contribution in [0.1, 0.15) is 0 Å². The first-order valence-electron chi connectivity index (χ1n) is 7.83. The van der Waals surface area contributed by atoms with Gasteiger partial charge in [-0.3, -0.25) is 14.5 Å². The van der Waals surface area contributed by atoms with Crippen LogP contribution >= 0.6 is 34.9 Å². The zero-order valence-corrected chi connectivity index (χ0v) is 21.7. The van der Waals surface area contributed by atoms with Crippen LogP contribution in [-0.2, 0) is 20.9 Å². The van der Waals surface area contributed by atoms with Crippen LogP contribution in [0.5, 0.6) is 0 Å². The third-order valence-corrected chi connectivity index (χ3v) is 7.26. The summed E-state index contributed by atoms with van der Waals surface area (Å²) in [6.07, 6.45) is 1.29. The first-order chi connectivity index (χ1) is 13.5. The van der Waals surface area contributed by atoms with Gasteiger partial charge in [0.1, 0.15) is 35.5 Å². The van der Waals surface area contributed by atoms with Crippen LogP contribution in [0.3, 0.4) is 0 Å². The second-order valence-corrected chi connectivity index (χ2v) is 8.87. The number of rotatable bonds is 7. The molecule has 2 aromatic heterocycles. The molecular weight excluding hydrogens is 503 g/mol. The molecule has 154 valence electrons. The molecule has 0 bridgehead atoms. The number of nitrogens with one attached hydrogen (secondary N) is 1. The summed E-state index contributed by atoms with van der Waals surface area (Å²) in [5.74, 6) is -1.19. The Balaban J connectivity index is 0.00000160. The number of carboxylic acid groups (broad SMARTS) is 1. The molecule has 1 fully saturated rings. The molecule has 2 amide bonds. The Hall–Kier alpha value is -0.594. The van der Waals surface area contributed by atoms with Gasteiger partial charge in [-0.15, -0.1) is 27.1 Å². The van der Waals surface area contributed by atoms with E-state index in [-0.39, 0.29) is 76.0 Å². The molecule has 2 N–H and O–H groups in total. The largest absolute Gasteiger partial charge is 1.00 e. The fourth-order valence-corrected chi connectivity index (χ4v) is 5.76. The second kappa shape index (κ2) is 11.3. The van der Waals surface area contributed by atoms with E-state index in [0.717, 1.165) is 4.34 Å². The number of carbonyl (C=O) groups excluding carboxylic acids is 2. The second-order valence-electron chi connectivity index (χ2n) is 5.71. The summed E-state index contributed by atoms with van der Waals surface area (Å²) in [6, 6.07) is -0.777. The van der Waals surface area contributed by atoms with E-state index in [1.165, 1.54) is 50.8 Å². The van der Waals surface area contributed by atoms with Crippen molar-refractivity contribution in [3.05, 3.63) is 23.1 Å². The first-order valence-corrected chi connectivity index (χ1v) is 10.7. The smallest absolute Gasteiger partial charge is 1.00 e. The van der Waals surface area contributed by atoms with Gasteiger partial charge in [0.05, 0.1) is 0 Å². The first kappa shape index (κ1) is 25.7. The summed E-state index contributed by atoms with van der Waals surface area (Å²) in [5.41, 5.74) is 2.22. The summed E-state index contributed by atoms with van der Waals surface area (Å²) < 4.78 is 1.96. The Kier molecular flexibility index (Phi) is 9.69. The maximum absolute atomic E-state index is 12.6. The molecule has 0 unspecified atom stereocenters. The number of halogens is 1. The van der Waals surface area contributed by atoms with Gasteiger partial charge in [0.2, 0.25) is 5.91 Å². The van der Waals surface area contributed by atoms with Gasteiger partial charge in [0, 0.05) is 11.5 Å². The number of hydrogen-bond donors (Lipinski definition) is 2. The van der Waals surface area contributed by atoms with Crippen LogP contribution in [0.15, 0.2) is 27.4 Å². The molecule has 0 saturated carbocycles. The van der Waals surface area contributed by atoms with Crippen molar-refractivity contribution < 1.29 is 83.3 Å². The van der Waals surface area contributed by atoms with E-state index in [9.17, 15) is 19.5 Å². The summed E-state index contributed by atoms with van der Waals surface area (Å²) in [4.78, 5) is 37.7. The number of nitrogens with zero attached hydrogens (tertiary/aromatic N) is 7. The predicted molar refractivity (Wildman–Crippen MR) is 98.1 cm³/mol. The molecule has 0 aromatic carbocycles. The fraction of sp³-hybridized carbons (Fsp3) is 0.385. The van der Waals surface area contributed by atoms with Gasteiger partial charge in [-0.25, -0.2) is 9.48 Å². The fourth-order valence-electron chi connectivity index (χ4n) is 2.79. The molecule has 2 atom stereocenters. The molecule has 17 heteroatoms. The number of tetrazole rings is 1. The molecular formula is C13H12ClKN8O4S3. The summed E-state index contributed by atoms with van der Waals surface area (Å²) >= 11 is 4.16. The molecule has 4 heterocycles. The molecule has 2 aliphatic heterocycles. The van der Waals surface area contributed by atoms with Crippen LogP contribution in [0, 0.1) is 0 Å². The Morgan fingerprint density at radius 2 is 2.17 bits per heavy atom. The van der Waals surface area contributed by atoms with E-state index in [0.29, 0.717) is 17.1 Å². The van der Waals surface area contributed by atoms with Crippen molar-refractivity contribution in [2.75, 3.05) is 11.5 Å².